The first kappa shape index (κ1) is 8.69. The van der Waals surface area contributed by atoms with Crippen LogP contribution < -0.4 is 0 Å². The van der Waals surface area contributed by atoms with E-state index in [1.807, 2.05) is 0 Å². The van der Waals surface area contributed by atoms with E-state index in [0.717, 1.165) is 12.2 Å². The van der Waals surface area contributed by atoms with Crippen molar-refractivity contribution in [2.24, 2.45) is 0 Å². The van der Waals surface area contributed by atoms with Gasteiger partial charge in [-0.3, -0.25) is 5.10 Å². The molecule has 1 aliphatic carbocycles. The first-order chi connectivity index (χ1) is 6.40. The molecule has 2 unspecified atom stereocenters. The fourth-order valence-electron chi connectivity index (χ4n) is 2.02. The second kappa shape index (κ2) is 3.87. The SMILES string of the molecule is COC1CCCC(c2ncn[nH]2)C1. The minimum Gasteiger partial charge on any atom is -0.381 e. The van der Waals surface area contributed by atoms with Crippen LogP contribution in [0.15, 0.2) is 6.33 Å². The Morgan fingerprint density at radius 3 is 3.15 bits per heavy atom. The zero-order valence-electron chi connectivity index (χ0n) is 7.86. The third-order valence-electron chi connectivity index (χ3n) is 2.78. The zero-order chi connectivity index (χ0) is 9.10. The molecule has 72 valence electrons. The van der Waals surface area contributed by atoms with Gasteiger partial charge in [-0.05, 0) is 19.3 Å². The molecule has 0 aromatic carbocycles. The molecule has 13 heavy (non-hydrogen) atoms. The Labute approximate surface area is 77.7 Å². The molecule has 0 spiro atoms. The van der Waals surface area contributed by atoms with Crippen LogP contribution in [0.2, 0.25) is 0 Å². The van der Waals surface area contributed by atoms with Gasteiger partial charge in [-0.15, -0.1) is 0 Å². The van der Waals surface area contributed by atoms with Gasteiger partial charge in [0, 0.05) is 13.0 Å². The van der Waals surface area contributed by atoms with Gasteiger partial charge in [0.05, 0.1) is 6.10 Å². The predicted octanol–water partition coefficient (Wildman–Crippen LogP) is 1.48. The van der Waals surface area contributed by atoms with Crippen LogP contribution in [-0.4, -0.2) is 28.4 Å². The van der Waals surface area contributed by atoms with Crippen molar-refractivity contribution >= 4 is 0 Å². The van der Waals surface area contributed by atoms with Crippen molar-refractivity contribution in [1.29, 1.82) is 0 Å². The summed E-state index contributed by atoms with van der Waals surface area (Å²) in [6.07, 6.45) is 6.67. The molecule has 1 aromatic rings. The maximum Gasteiger partial charge on any atom is 0.137 e. The molecule has 1 aromatic heterocycles. The molecular weight excluding hydrogens is 166 g/mol. The number of nitrogens with one attached hydrogen (secondary N) is 1. The van der Waals surface area contributed by atoms with Gasteiger partial charge < -0.3 is 4.74 Å². The van der Waals surface area contributed by atoms with Crippen LogP contribution in [0, 0.1) is 0 Å². The lowest BCUT2D eigenvalue weighted by atomic mass is 9.87. The molecule has 0 saturated heterocycles. The highest BCUT2D eigenvalue weighted by Gasteiger charge is 2.24. The summed E-state index contributed by atoms with van der Waals surface area (Å²) in [6, 6.07) is 0. The third kappa shape index (κ3) is 1.88. The van der Waals surface area contributed by atoms with E-state index in [2.05, 4.69) is 15.2 Å². The molecule has 0 aliphatic heterocycles. The van der Waals surface area contributed by atoms with Crippen LogP contribution in [0.1, 0.15) is 37.4 Å². The molecular formula is C9H15N3O. The number of aromatic amines is 1. The van der Waals surface area contributed by atoms with Gasteiger partial charge >= 0.3 is 0 Å². The van der Waals surface area contributed by atoms with E-state index in [4.69, 9.17) is 4.74 Å². The Morgan fingerprint density at radius 1 is 1.54 bits per heavy atom. The lowest BCUT2D eigenvalue weighted by Gasteiger charge is -2.26. The van der Waals surface area contributed by atoms with Gasteiger partial charge in [-0.25, -0.2) is 4.98 Å². The van der Waals surface area contributed by atoms with E-state index in [0.29, 0.717) is 12.0 Å². The van der Waals surface area contributed by atoms with Crippen molar-refractivity contribution in [2.75, 3.05) is 7.11 Å². The summed E-state index contributed by atoms with van der Waals surface area (Å²) in [5.74, 6) is 1.53. The smallest absolute Gasteiger partial charge is 0.137 e. The number of rotatable bonds is 2. The lowest BCUT2D eigenvalue weighted by Crippen LogP contribution is -2.21. The average Bonchev–Trinajstić information content (AvgIpc) is 2.71. The van der Waals surface area contributed by atoms with Gasteiger partial charge in [-0.2, -0.15) is 5.10 Å². The van der Waals surface area contributed by atoms with E-state index in [1.54, 1.807) is 13.4 Å². The number of hydrogen-bond donors (Lipinski definition) is 1. The first-order valence-electron chi connectivity index (χ1n) is 4.78. The van der Waals surface area contributed by atoms with E-state index < -0.39 is 0 Å². The zero-order valence-corrected chi connectivity index (χ0v) is 7.86. The minimum atomic E-state index is 0.406. The van der Waals surface area contributed by atoms with E-state index in [-0.39, 0.29) is 0 Å². The van der Waals surface area contributed by atoms with Crippen molar-refractivity contribution in [3.8, 4) is 0 Å². The fourth-order valence-corrected chi connectivity index (χ4v) is 2.02. The fraction of sp³-hybridized carbons (Fsp3) is 0.778. The molecule has 1 aliphatic rings. The monoisotopic (exact) mass is 181 g/mol. The van der Waals surface area contributed by atoms with Gasteiger partial charge in [0.25, 0.3) is 0 Å². The Balaban J connectivity index is 2.00. The molecule has 0 bridgehead atoms. The summed E-state index contributed by atoms with van der Waals surface area (Å²) in [5.41, 5.74) is 0. The van der Waals surface area contributed by atoms with Crippen molar-refractivity contribution in [3.63, 3.8) is 0 Å². The quantitative estimate of drug-likeness (QED) is 0.751. The third-order valence-corrected chi connectivity index (χ3v) is 2.78. The topological polar surface area (TPSA) is 50.8 Å². The Bertz CT molecular complexity index is 247. The van der Waals surface area contributed by atoms with Gasteiger partial charge in [-0.1, -0.05) is 6.42 Å². The van der Waals surface area contributed by atoms with Crippen LogP contribution in [0.4, 0.5) is 0 Å². The van der Waals surface area contributed by atoms with Crippen molar-refractivity contribution in [1.82, 2.24) is 15.2 Å². The lowest BCUT2D eigenvalue weighted by molar-refractivity contribution is 0.0624. The molecule has 4 heteroatoms. The molecule has 1 saturated carbocycles. The normalized spacial score (nSPS) is 29.0. The predicted molar refractivity (Wildman–Crippen MR) is 48.4 cm³/mol. The van der Waals surface area contributed by atoms with Gasteiger partial charge in [0.15, 0.2) is 0 Å². The number of hydrogen-bond acceptors (Lipinski definition) is 3. The van der Waals surface area contributed by atoms with Gasteiger partial charge in [0.2, 0.25) is 0 Å². The molecule has 0 radical (unpaired) electrons. The van der Waals surface area contributed by atoms with Gasteiger partial charge in [0.1, 0.15) is 12.2 Å². The Morgan fingerprint density at radius 2 is 2.46 bits per heavy atom. The summed E-state index contributed by atoms with van der Waals surface area (Å²) in [5, 5.41) is 6.81. The van der Waals surface area contributed by atoms with Crippen molar-refractivity contribution in [3.05, 3.63) is 12.2 Å². The summed E-state index contributed by atoms with van der Waals surface area (Å²) in [4.78, 5) is 4.19. The summed E-state index contributed by atoms with van der Waals surface area (Å²) >= 11 is 0. The number of ether oxygens (including phenoxy) is 1. The highest BCUT2D eigenvalue weighted by atomic mass is 16.5. The molecule has 4 nitrogen and oxygen atoms in total. The molecule has 1 heterocycles. The second-order valence-corrected chi connectivity index (χ2v) is 3.59. The average molecular weight is 181 g/mol. The highest BCUT2D eigenvalue weighted by molar-refractivity contribution is 4.96. The maximum atomic E-state index is 5.36. The number of aromatic nitrogens is 3. The Kier molecular flexibility index (Phi) is 2.59. The largest absolute Gasteiger partial charge is 0.381 e. The van der Waals surface area contributed by atoms with Crippen molar-refractivity contribution in [2.45, 2.75) is 37.7 Å². The van der Waals surface area contributed by atoms with Crippen LogP contribution in [0.3, 0.4) is 0 Å². The molecule has 1 fully saturated rings. The maximum absolute atomic E-state index is 5.36. The van der Waals surface area contributed by atoms with E-state index >= 15 is 0 Å². The van der Waals surface area contributed by atoms with Crippen molar-refractivity contribution < 1.29 is 4.74 Å². The second-order valence-electron chi connectivity index (χ2n) is 3.59. The number of nitrogens with zero attached hydrogens (tertiary/aromatic N) is 2. The number of methoxy groups -OCH3 is 1. The molecule has 2 rings (SSSR count). The van der Waals surface area contributed by atoms with Crippen LogP contribution in [-0.2, 0) is 4.74 Å². The molecule has 2 atom stereocenters. The van der Waals surface area contributed by atoms with E-state index in [1.165, 1.54) is 19.3 Å². The molecule has 0 amide bonds. The Hall–Kier alpha value is -0.900. The van der Waals surface area contributed by atoms with E-state index in [9.17, 15) is 0 Å². The van der Waals surface area contributed by atoms with Crippen LogP contribution in [0.25, 0.3) is 0 Å². The minimum absolute atomic E-state index is 0.406. The summed E-state index contributed by atoms with van der Waals surface area (Å²) in [6.45, 7) is 0. The highest BCUT2D eigenvalue weighted by Crippen LogP contribution is 2.31. The summed E-state index contributed by atoms with van der Waals surface area (Å²) < 4.78 is 5.36. The standard InChI is InChI=1S/C9H15N3O/c1-13-8-4-2-3-7(5-8)9-10-6-11-12-9/h6-8H,2-5H2,1H3,(H,10,11,12). The van der Waals surface area contributed by atoms with Crippen LogP contribution >= 0.6 is 0 Å². The van der Waals surface area contributed by atoms with Crippen LogP contribution in [0.5, 0.6) is 0 Å². The number of H-pyrrole nitrogens is 1. The molecule has 1 N–H and O–H groups in total. The first-order valence-corrected chi connectivity index (χ1v) is 4.78. The summed E-state index contributed by atoms with van der Waals surface area (Å²) in [7, 11) is 1.79.